The molecule has 13 heavy (non-hydrogen) atoms. The van der Waals surface area contributed by atoms with E-state index in [1.807, 2.05) is 6.92 Å². The summed E-state index contributed by atoms with van der Waals surface area (Å²) in [5, 5.41) is 2.86. The Morgan fingerprint density at radius 2 is 1.92 bits per heavy atom. The van der Waals surface area contributed by atoms with Crippen molar-refractivity contribution >= 4 is 5.69 Å². The molecule has 0 saturated heterocycles. The quantitative estimate of drug-likeness (QED) is 0.784. The van der Waals surface area contributed by atoms with Crippen LogP contribution in [-0.4, -0.2) is 13.7 Å². The first-order valence-electron chi connectivity index (χ1n) is 3.96. The molecule has 0 saturated carbocycles. The molecule has 0 radical (unpaired) electrons. The Bertz CT molecular complexity index is 302. The van der Waals surface area contributed by atoms with Gasteiger partial charge in [0.05, 0.1) is 12.8 Å². The Morgan fingerprint density at radius 1 is 1.31 bits per heavy atom. The lowest BCUT2D eigenvalue weighted by Crippen LogP contribution is -2.01. The number of hydrogen-bond donors (Lipinski definition) is 1. The molecule has 0 amide bonds. The molecule has 2 nitrogen and oxygen atoms in total. The Morgan fingerprint density at radius 3 is 2.46 bits per heavy atom. The molecule has 0 heterocycles. The van der Waals surface area contributed by atoms with E-state index in [1.165, 1.54) is 7.11 Å². The van der Waals surface area contributed by atoms with Gasteiger partial charge in [0.15, 0.2) is 11.6 Å². The molecular formula is C9H11F2NO. The summed E-state index contributed by atoms with van der Waals surface area (Å²) < 4.78 is 30.3. The van der Waals surface area contributed by atoms with Gasteiger partial charge in [0, 0.05) is 18.7 Å². The van der Waals surface area contributed by atoms with Gasteiger partial charge in [0.1, 0.15) is 5.75 Å². The van der Waals surface area contributed by atoms with Crippen LogP contribution < -0.4 is 10.1 Å². The predicted octanol–water partition coefficient (Wildman–Crippen LogP) is 2.41. The van der Waals surface area contributed by atoms with Gasteiger partial charge in [-0.2, -0.15) is 0 Å². The number of halogens is 2. The van der Waals surface area contributed by atoms with Crippen LogP contribution in [0.15, 0.2) is 12.1 Å². The molecule has 0 aromatic heterocycles. The molecule has 0 aliphatic carbocycles. The molecule has 0 bridgehead atoms. The van der Waals surface area contributed by atoms with E-state index in [0.717, 1.165) is 12.1 Å². The van der Waals surface area contributed by atoms with Gasteiger partial charge >= 0.3 is 0 Å². The highest BCUT2D eigenvalue weighted by atomic mass is 19.2. The van der Waals surface area contributed by atoms with Gasteiger partial charge in [-0.25, -0.2) is 8.78 Å². The summed E-state index contributed by atoms with van der Waals surface area (Å²) in [6.07, 6.45) is 0. The number of methoxy groups -OCH3 is 1. The Kier molecular flexibility index (Phi) is 3.06. The average molecular weight is 187 g/mol. The van der Waals surface area contributed by atoms with Crippen LogP contribution in [0.2, 0.25) is 0 Å². The van der Waals surface area contributed by atoms with E-state index < -0.39 is 11.6 Å². The van der Waals surface area contributed by atoms with E-state index in [-0.39, 0.29) is 0 Å². The zero-order valence-electron chi connectivity index (χ0n) is 7.53. The molecule has 1 N–H and O–H groups in total. The molecule has 0 spiro atoms. The fraction of sp³-hybridized carbons (Fsp3) is 0.333. The van der Waals surface area contributed by atoms with Crippen molar-refractivity contribution in [2.24, 2.45) is 0 Å². The molecule has 72 valence electrons. The maximum absolute atomic E-state index is 12.7. The number of ether oxygens (including phenoxy) is 1. The summed E-state index contributed by atoms with van der Waals surface area (Å²) >= 11 is 0. The zero-order chi connectivity index (χ0) is 9.84. The van der Waals surface area contributed by atoms with E-state index in [0.29, 0.717) is 18.0 Å². The minimum atomic E-state index is -0.904. The second kappa shape index (κ2) is 4.07. The van der Waals surface area contributed by atoms with Gasteiger partial charge in [-0.1, -0.05) is 0 Å². The van der Waals surface area contributed by atoms with E-state index in [9.17, 15) is 8.78 Å². The Hall–Kier alpha value is -1.32. The smallest absolute Gasteiger partial charge is 0.162 e. The topological polar surface area (TPSA) is 21.3 Å². The molecule has 1 aromatic rings. The second-order valence-corrected chi connectivity index (χ2v) is 2.50. The van der Waals surface area contributed by atoms with Crippen molar-refractivity contribution in [2.45, 2.75) is 6.92 Å². The number of nitrogens with one attached hydrogen (secondary N) is 1. The molecule has 0 aliphatic rings. The lowest BCUT2D eigenvalue weighted by molar-refractivity contribution is 0.408. The van der Waals surface area contributed by atoms with E-state index >= 15 is 0 Å². The van der Waals surface area contributed by atoms with E-state index in [1.54, 1.807) is 0 Å². The molecule has 0 fully saturated rings. The van der Waals surface area contributed by atoms with Crippen LogP contribution >= 0.6 is 0 Å². The van der Waals surface area contributed by atoms with Gasteiger partial charge in [0.25, 0.3) is 0 Å². The highest BCUT2D eigenvalue weighted by molar-refractivity contribution is 5.56. The average Bonchev–Trinajstić information content (AvgIpc) is 2.11. The standard InChI is InChI=1S/C9H11F2NO/c1-3-12-8-4-6(10)7(11)5-9(8)13-2/h4-5,12H,3H2,1-2H3. The fourth-order valence-corrected chi connectivity index (χ4v) is 1.03. The molecule has 0 aliphatic heterocycles. The van der Waals surface area contributed by atoms with Crippen LogP contribution in [0.4, 0.5) is 14.5 Å². The van der Waals surface area contributed by atoms with Gasteiger partial charge in [-0.05, 0) is 6.92 Å². The van der Waals surface area contributed by atoms with Gasteiger partial charge < -0.3 is 10.1 Å². The third-order valence-corrected chi connectivity index (χ3v) is 1.61. The summed E-state index contributed by atoms with van der Waals surface area (Å²) in [6.45, 7) is 2.49. The third kappa shape index (κ3) is 2.08. The van der Waals surface area contributed by atoms with Crippen molar-refractivity contribution in [3.63, 3.8) is 0 Å². The zero-order valence-corrected chi connectivity index (χ0v) is 7.53. The van der Waals surface area contributed by atoms with Crippen molar-refractivity contribution in [3.8, 4) is 5.75 Å². The molecule has 1 rings (SSSR count). The monoisotopic (exact) mass is 187 g/mol. The first-order valence-corrected chi connectivity index (χ1v) is 3.96. The highest BCUT2D eigenvalue weighted by Gasteiger charge is 2.08. The maximum Gasteiger partial charge on any atom is 0.162 e. The van der Waals surface area contributed by atoms with Crippen LogP contribution in [0.25, 0.3) is 0 Å². The number of anilines is 1. The van der Waals surface area contributed by atoms with Crippen LogP contribution in [0, 0.1) is 11.6 Å². The van der Waals surface area contributed by atoms with Crippen LogP contribution in [-0.2, 0) is 0 Å². The molecule has 4 heteroatoms. The molecular weight excluding hydrogens is 176 g/mol. The summed E-state index contributed by atoms with van der Waals surface area (Å²) in [7, 11) is 1.41. The maximum atomic E-state index is 12.7. The number of hydrogen-bond acceptors (Lipinski definition) is 2. The molecule has 0 atom stereocenters. The van der Waals surface area contributed by atoms with Gasteiger partial charge in [-0.3, -0.25) is 0 Å². The lowest BCUT2D eigenvalue weighted by Gasteiger charge is -2.09. The van der Waals surface area contributed by atoms with E-state index in [4.69, 9.17) is 4.74 Å². The summed E-state index contributed by atoms with van der Waals surface area (Å²) in [6, 6.07) is 2.10. The Balaban J connectivity index is 3.09. The van der Waals surface area contributed by atoms with Crippen molar-refractivity contribution in [1.29, 1.82) is 0 Å². The minimum absolute atomic E-state index is 0.306. The van der Waals surface area contributed by atoms with Crippen LogP contribution in [0.1, 0.15) is 6.92 Å². The summed E-state index contributed by atoms with van der Waals surface area (Å²) in [5.74, 6) is -1.48. The SMILES string of the molecule is CCNc1cc(F)c(F)cc1OC. The second-order valence-electron chi connectivity index (χ2n) is 2.50. The largest absolute Gasteiger partial charge is 0.494 e. The number of benzene rings is 1. The van der Waals surface area contributed by atoms with Crippen LogP contribution in [0.3, 0.4) is 0 Å². The molecule has 0 unspecified atom stereocenters. The normalized spacial score (nSPS) is 9.85. The highest BCUT2D eigenvalue weighted by Crippen LogP contribution is 2.26. The third-order valence-electron chi connectivity index (χ3n) is 1.61. The first-order chi connectivity index (χ1) is 6.19. The fourth-order valence-electron chi connectivity index (χ4n) is 1.03. The summed E-state index contributed by atoms with van der Waals surface area (Å²) in [5.41, 5.74) is 0.462. The molecule has 1 aromatic carbocycles. The van der Waals surface area contributed by atoms with Crippen molar-refractivity contribution < 1.29 is 13.5 Å². The van der Waals surface area contributed by atoms with Crippen molar-refractivity contribution in [2.75, 3.05) is 19.0 Å². The predicted molar refractivity (Wildman–Crippen MR) is 47.1 cm³/mol. The summed E-state index contributed by atoms with van der Waals surface area (Å²) in [4.78, 5) is 0. The Labute approximate surface area is 75.5 Å². The van der Waals surface area contributed by atoms with Crippen molar-refractivity contribution in [3.05, 3.63) is 23.8 Å². The van der Waals surface area contributed by atoms with E-state index in [2.05, 4.69) is 5.32 Å². The van der Waals surface area contributed by atoms with Gasteiger partial charge in [-0.15, -0.1) is 0 Å². The van der Waals surface area contributed by atoms with Crippen molar-refractivity contribution in [1.82, 2.24) is 0 Å². The van der Waals surface area contributed by atoms with Crippen LogP contribution in [0.5, 0.6) is 5.75 Å². The number of rotatable bonds is 3. The minimum Gasteiger partial charge on any atom is -0.494 e. The lowest BCUT2D eigenvalue weighted by atomic mass is 10.2. The first kappa shape index (κ1) is 9.77. The van der Waals surface area contributed by atoms with Gasteiger partial charge in [0.2, 0.25) is 0 Å².